The number of anilines is 1. The van der Waals surface area contributed by atoms with Gasteiger partial charge in [-0.1, -0.05) is 18.8 Å². The highest BCUT2D eigenvalue weighted by Gasteiger charge is 2.43. The van der Waals surface area contributed by atoms with E-state index in [-0.39, 0.29) is 42.3 Å². The van der Waals surface area contributed by atoms with Crippen molar-refractivity contribution >= 4 is 17.1 Å². The number of ether oxygens (including phenoxy) is 1. The zero-order chi connectivity index (χ0) is 15.3. The minimum absolute atomic E-state index is 0.0243. The molecule has 21 heavy (non-hydrogen) atoms. The van der Waals surface area contributed by atoms with Crippen LogP contribution >= 0.6 is 0 Å². The highest BCUT2D eigenvalue weighted by Crippen LogP contribution is 2.36. The van der Waals surface area contributed by atoms with Crippen LogP contribution in [-0.2, 0) is 11.8 Å². The van der Waals surface area contributed by atoms with E-state index in [2.05, 4.69) is 16.9 Å². The summed E-state index contributed by atoms with van der Waals surface area (Å²) in [5.41, 5.74) is 6.30. The third-order valence-corrected chi connectivity index (χ3v) is 4.42. The van der Waals surface area contributed by atoms with E-state index in [0.717, 1.165) is 0 Å². The maximum absolute atomic E-state index is 12.0. The van der Waals surface area contributed by atoms with Crippen LogP contribution < -0.4 is 15.9 Å². The molecule has 1 fully saturated rings. The number of aryl methyl sites for hydroxylation is 1. The molecule has 114 valence electrons. The minimum atomic E-state index is -0.283. The molecule has 0 saturated carbocycles. The van der Waals surface area contributed by atoms with Crippen LogP contribution in [0.2, 0.25) is 0 Å². The number of aliphatic hydroxyl groups is 1. The summed E-state index contributed by atoms with van der Waals surface area (Å²) in [6.45, 7) is 4.09. The monoisotopic (exact) mass is 294 g/mol. The number of imidazole rings is 1. The van der Waals surface area contributed by atoms with E-state index in [1.807, 2.05) is 11.5 Å². The van der Waals surface area contributed by atoms with Crippen LogP contribution in [0.3, 0.4) is 0 Å². The zero-order valence-corrected chi connectivity index (χ0v) is 12.3. The number of nitrogen functional groups attached to an aromatic ring is 1. The summed E-state index contributed by atoms with van der Waals surface area (Å²) in [6, 6.07) is 0. The molecular formula is C13H20N5O3+. The highest BCUT2D eigenvalue weighted by molar-refractivity contribution is 5.66. The van der Waals surface area contributed by atoms with Gasteiger partial charge in [-0.05, 0) is 5.92 Å². The number of nitrogens with zero attached hydrogens (tertiary/aromatic N) is 3. The van der Waals surface area contributed by atoms with Gasteiger partial charge in [-0.25, -0.2) is 4.57 Å². The van der Waals surface area contributed by atoms with E-state index in [1.165, 1.54) is 0 Å². The van der Waals surface area contributed by atoms with Gasteiger partial charge in [0.25, 0.3) is 11.5 Å². The van der Waals surface area contributed by atoms with Crippen LogP contribution in [0, 0.1) is 11.8 Å². The Balaban J connectivity index is 2.16. The van der Waals surface area contributed by atoms with E-state index in [0.29, 0.717) is 11.2 Å². The lowest BCUT2D eigenvalue weighted by Gasteiger charge is -2.13. The first kappa shape index (κ1) is 14.0. The van der Waals surface area contributed by atoms with Crippen molar-refractivity contribution in [2.75, 3.05) is 12.3 Å². The van der Waals surface area contributed by atoms with Crippen molar-refractivity contribution in [3.05, 3.63) is 16.7 Å². The summed E-state index contributed by atoms with van der Waals surface area (Å²) >= 11 is 0. The zero-order valence-electron chi connectivity index (χ0n) is 12.3. The van der Waals surface area contributed by atoms with Crippen LogP contribution in [0.4, 0.5) is 5.95 Å². The van der Waals surface area contributed by atoms with Crippen LogP contribution in [-0.4, -0.2) is 32.4 Å². The SMILES string of the molecule is CC1C(C)[C@@H](CO)O[C@H]1[n+]1cn(C)c2c(=O)[nH]c(N)nc21. The Bertz CT molecular complexity index is 737. The number of aromatic amines is 1. The van der Waals surface area contributed by atoms with Crippen LogP contribution in [0.5, 0.6) is 0 Å². The molecule has 2 unspecified atom stereocenters. The molecule has 0 radical (unpaired) electrons. The fourth-order valence-corrected chi connectivity index (χ4v) is 3.01. The van der Waals surface area contributed by atoms with Gasteiger partial charge in [0, 0.05) is 5.92 Å². The lowest BCUT2D eigenvalue weighted by molar-refractivity contribution is -0.745. The highest BCUT2D eigenvalue weighted by atomic mass is 16.5. The Hall–Kier alpha value is -1.93. The summed E-state index contributed by atoms with van der Waals surface area (Å²) in [6.07, 6.45) is 1.28. The van der Waals surface area contributed by atoms with Crippen molar-refractivity contribution in [1.82, 2.24) is 14.5 Å². The Morgan fingerprint density at radius 2 is 2.24 bits per heavy atom. The molecule has 8 heteroatoms. The van der Waals surface area contributed by atoms with Crippen molar-refractivity contribution in [1.29, 1.82) is 0 Å². The second-order valence-corrected chi connectivity index (χ2v) is 5.72. The average Bonchev–Trinajstić information content (AvgIpc) is 2.89. The Morgan fingerprint density at radius 3 is 2.86 bits per heavy atom. The first-order valence-electron chi connectivity index (χ1n) is 6.96. The lowest BCUT2D eigenvalue weighted by Crippen LogP contribution is -2.42. The van der Waals surface area contributed by atoms with Crippen molar-refractivity contribution < 1.29 is 14.4 Å². The van der Waals surface area contributed by atoms with Gasteiger partial charge in [0.15, 0.2) is 12.6 Å². The third-order valence-electron chi connectivity index (χ3n) is 4.42. The minimum Gasteiger partial charge on any atom is -0.394 e. The molecule has 0 aliphatic carbocycles. The predicted octanol–water partition coefficient (Wildman–Crippen LogP) is -0.707. The third kappa shape index (κ3) is 2.02. The summed E-state index contributed by atoms with van der Waals surface area (Å²) in [7, 11) is 1.78. The molecule has 4 atom stereocenters. The summed E-state index contributed by atoms with van der Waals surface area (Å²) in [5, 5.41) is 9.40. The van der Waals surface area contributed by atoms with E-state index < -0.39 is 0 Å². The second kappa shape index (κ2) is 4.81. The quantitative estimate of drug-likeness (QED) is 0.634. The van der Waals surface area contributed by atoms with E-state index >= 15 is 0 Å². The van der Waals surface area contributed by atoms with Gasteiger partial charge in [-0.3, -0.25) is 14.3 Å². The average molecular weight is 294 g/mol. The number of nitrogens with one attached hydrogen (secondary N) is 1. The molecule has 8 nitrogen and oxygen atoms in total. The number of H-pyrrole nitrogens is 1. The second-order valence-electron chi connectivity index (χ2n) is 5.72. The topological polar surface area (TPSA) is 110 Å². The van der Waals surface area contributed by atoms with Crippen molar-refractivity contribution in [2.24, 2.45) is 18.9 Å². The summed E-state index contributed by atoms with van der Waals surface area (Å²) in [5.74, 6) is 0.465. The molecule has 1 aliphatic rings. The fraction of sp³-hybridized carbons (Fsp3) is 0.615. The number of fused-ring (bicyclic) bond motifs is 1. The van der Waals surface area contributed by atoms with Crippen LogP contribution in [0.1, 0.15) is 20.1 Å². The molecule has 1 saturated heterocycles. The Labute approximate surface area is 121 Å². The molecule has 0 amide bonds. The number of aliphatic hydroxyl groups excluding tert-OH is 1. The number of aromatic nitrogens is 4. The molecule has 0 spiro atoms. The maximum atomic E-state index is 12.0. The van der Waals surface area contributed by atoms with Gasteiger partial charge < -0.3 is 15.6 Å². The van der Waals surface area contributed by atoms with Gasteiger partial charge in [0.05, 0.1) is 19.8 Å². The van der Waals surface area contributed by atoms with Crippen LogP contribution in [0.25, 0.3) is 11.2 Å². The molecule has 3 rings (SSSR count). The lowest BCUT2D eigenvalue weighted by atomic mass is 9.93. The predicted molar refractivity (Wildman–Crippen MR) is 75.3 cm³/mol. The Morgan fingerprint density at radius 1 is 1.52 bits per heavy atom. The molecular weight excluding hydrogens is 274 g/mol. The number of hydrogen-bond donors (Lipinski definition) is 3. The molecule has 0 bridgehead atoms. The number of rotatable bonds is 2. The summed E-state index contributed by atoms with van der Waals surface area (Å²) in [4.78, 5) is 18.8. The normalized spacial score (nSPS) is 29.3. The van der Waals surface area contributed by atoms with E-state index in [4.69, 9.17) is 10.5 Å². The van der Waals surface area contributed by atoms with Crippen molar-refractivity contribution in [3.8, 4) is 0 Å². The first-order valence-corrected chi connectivity index (χ1v) is 6.96. The Kier molecular flexibility index (Phi) is 3.22. The van der Waals surface area contributed by atoms with E-state index in [9.17, 15) is 9.90 Å². The molecule has 4 N–H and O–H groups in total. The standard InChI is InChI=1S/C13H19N5O3/c1-6-7(2)12(21-8(6)4-19)18-5-17(3)9-10(18)15-13(14)16-11(9)20/h5-8,12,19H,4H2,1-3H3,(H2-,14,15,16,20)/p+1/t6?,7?,8-,12-/m1/s1. The molecule has 0 aromatic carbocycles. The van der Waals surface area contributed by atoms with Gasteiger partial charge in [0.1, 0.15) is 0 Å². The first-order chi connectivity index (χ1) is 9.93. The largest absolute Gasteiger partial charge is 0.394 e. The van der Waals surface area contributed by atoms with Gasteiger partial charge in [-0.15, -0.1) is 0 Å². The molecule has 3 heterocycles. The van der Waals surface area contributed by atoms with Crippen LogP contribution in [0.15, 0.2) is 11.1 Å². The van der Waals surface area contributed by atoms with Gasteiger partial charge >= 0.3 is 5.65 Å². The molecule has 1 aliphatic heterocycles. The summed E-state index contributed by atoms with van der Waals surface area (Å²) < 4.78 is 9.45. The van der Waals surface area contributed by atoms with E-state index in [1.54, 1.807) is 17.9 Å². The van der Waals surface area contributed by atoms with Gasteiger partial charge in [-0.2, -0.15) is 0 Å². The number of hydrogen-bond acceptors (Lipinski definition) is 5. The molecule has 2 aromatic heterocycles. The smallest absolute Gasteiger partial charge is 0.313 e. The molecule has 2 aromatic rings. The van der Waals surface area contributed by atoms with Gasteiger partial charge in [0.2, 0.25) is 5.52 Å². The maximum Gasteiger partial charge on any atom is 0.313 e. The fourth-order valence-electron chi connectivity index (χ4n) is 3.01. The van der Waals surface area contributed by atoms with Crippen molar-refractivity contribution in [3.63, 3.8) is 0 Å². The number of nitrogens with two attached hydrogens (primary N) is 1. The van der Waals surface area contributed by atoms with Crippen molar-refractivity contribution in [2.45, 2.75) is 26.2 Å².